The van der Waals surface area contributed by atoms with Crippen molar-refractivity contribution in [2.75, 3.05) is 19.7 Å². The monoisotopic (exact) mass is 495 g/mol. The molecule has 0 amide bonds. The molecular weight excluding hydrogens is 462 g/mol. The molecule has 0 N–H and O–H groups in total. The first kappa shape index (κ1) is 23.9. The number of ether oxygens (including phenoxy) is 1. The van der Waals surface area contributed by atoms with Gasteiger partial charge in [-0.05, 0) is 56.3 Å². The maximum Gasteiger partial charge on any atom is 0.339 e. The Bertz CT molecular complexity index is 1500. The molecule has 0 bridgehead atoms. The molecule has 0 fully saturated rings. The molecule has 6 rings (SSSR count). The van der Waals surface area contributed by atoms with Crippen molar-refractivity contribution in [3.05, 3.63) is 76.6 Å². The van der Waals surface area contributed by atoms with E-state index >= 15 is 0 Å². The zero-order chi connectivity index (χ0) is 25.4. The summed E-state index contributed by atoms with van der Waals surface area (Å²) in [5.74, 6) is -0.372. The molecule has 0 unspecified atom stereocenters. The predicted octanol–water partition coefficient (Wildman–Crippen LogP) is 5.72. The summed E-state index contributed by atoms with van der Waals surface area (Å²) in [5, 5.41) is 2.00. The van der Waals surface area contributed by atoms with Crippen molar-refractivity contribution in [2.24, 2.45) is 0 Å². The van der Waals surface area contributed by atoms with Crippen molar-refractivity contribution in [1.29, 1.82) is 0 Å². The van der Waals surface area contributed by atoms with E-state index in [1.807, 2.05) is 47.0 Å². The van der Waals surface area contributed by atoms with Crippen LogP contribution in [0.4, 0.5) is 0 Å². The molecule has 2 aromatic heterocycles. The fourth-order valence-electron chi connectivity index (χ4n) is 6.18. The summed E-state index contributed by atoms with van der Waals surface area (Å²) in [6.07, 6.45) is 6.23. The summed E-state index contributed by atoms with van der Waals surface area (Å²) < 4.78 is 7.68. The standard InChI is InChI=1S/C31H33N3O3/c1-2-17-33-18-15-26-24(20-33)30(23-11-3-6-12-25(23)32-26)31(36)37-19-16-29(35)34-27-13-7-4-9-21(27)22-10-5-8-14-28(22)34/h3-4,6-7,9,11-13H,2,5,8,10,14-20H2,1H3. The normalized spacial score (nSPS) is 15.5. The third kappa shape index (κ3) is 4.33. The van der Waals surface area contributed by atoms with E-state index in [2.05, 4.69) is 17.9 Å². The summed E-state index contributed by atoms with van der Waals surface area (Å²) in [5.41, 5.74) is 6.79. The lowest BCUT2D eigenvalue weighted by Crippen LogP contribution is -2.33. The Hall–Kier alpha value is -3.51. The van der Waals surface area contributed by atoms with Gasteiger partial charge in [0, 0.05) is 47.2 Å². The summed E-state index contributed by atoms with van der Waals surface area (Å²) >= 11 is 0. The van der Waals surface area contributed by atoms with Gasteiger partial charge in [0.15, 0.2) is 0 Å². The Balaban J connectivity index is 1.25. The van der Waals surface area contributed by atoms with E-state index in [-0.39, 0.29) is 24.9 Å². The fraction of sp³-hybridized carbons (Fsp3) is 0.387. The van der Waals surface area contributed by atoms with Gasteiger partial charge in [-0.1, -0.05) is 43.3 Å². The van der Waals surface area contributed by atoms with E-state index in [0.29, 0.717) is 12.1 Å². The van der Waals surface area contributed by atoms with Crippen LogP contribution in [-0.2, 0) is 30.5 Å². The molecule has 2 aromatic carbocycles. The number of fused-ring (bicyclic) bond motifs is 5. The number of pyridine rings is 1. The lowest BCUT2D eigenvalue weighted by Gasteiger charge is -2.29. The number of hydrogen-bond donors (Lipinski definition) is 0. The molecule has 2 aliphatic rings. The molecule has 0 atom stereocenters. The van der Waals surface area contributed by atoms with Crippen LogP contribution in [0, 0.1) is 0 Å². The maximum atomic E-state index is 13.5. The average molecular weight is 496 g/mol. The number of nitrogens with zero attached hydrogens (tertiary/aromatic N) is 3. The van der Waals surface area contributed by atoms with Crippen molar-refractivity contribution < 1.29 is 14.3 Å². The fourth-order valence-corrected chi connectivity index (χ4v) is 6.18. The van der Waals surface area contributed by atoms with Crippen molar-refractivity contribution in [3.8, 4) is 0 Å². The van der Waals surface area contributed by atoms with Gasteiger partial charge in [-0.2, -0.15) is 0 Å². The van der Waals surface area contributed by atoms with Crippen LogP contribution < -0.4 is 0 Å². The van der Waals surface area contributed by atoms with Gasteiger partial charge < -0.3 is 4.74 Å². The second-order valence-corrected chi connectivity index (χ2v) is 10.2. The van der Waals surface area contributed by atoms with Gasteiger partial charge in [-0.3, -0.25) is 19.2 Å². The second kappa shape index (κ2) is 10.1. The van der Waals surface area contributed by atoms with E-state index in [4.69, 9.17) is 9.72 Å². The van der Waals surface area contributed by atoms with E-state index in [1.165, 1.54) is 10.9 Å². The Morgan fingerprint density at radius 1 is 0.946 bits per heavy atom. The molecule has 0 radical (unpaired) electrons. The summed E-state index contributed by atoms with van der Waals surface area (Å²) in [4.78, 5) is 34.2. The van der Waals surface area contributed by atoms with Crippen LogP contribution in [0.2, 0.25) is 0 Å². The Morgan fingerprint density at radius 2 is 1.73 bits per heavy atom. The number of carbonyl (C=O) groups excluding carboxylic acids is 2. The number of benzene rings is 2. The first-order valence-corrected chi connectivity index (χ1v) is 13.6. The van der Waals surface area contributed by atoms with Gasteiger partial charge in [-0.25, -0.2) is 4.79 Å². The first-order chi connectivity index (χ1) is 18.2. The molecular formula is C31H33N3O3. The van der Waals surface area contributed by atoms with Gasteiger partial charge in [-0.15, -0.1) is 0 Å². The lowest BCUT2D eigenvalue weighted by atomic mass is 9.95. The number of aromatic nitrogens is 2. The quantitative estimate of drug-likeness (QED) is 0.320. The zero-order valence-electron chi connectivity index (χ0n) is 21.5. The van der Waals surface area contributed by atoms with Crippen LogP contribution in [0.3, 0.4) is 0 Å². The highest BCUT2D eigenvalue weighted by Gasteiger charge is 2.27. The topological polar surface area (TPSA) is 64.4 Å². The van der Waals surface area contributed by atoms with Gasteiger partial charge in [0.1, 0.15) is 6.61 Å². The summed E-state index contributed by atoms with van der Waals surface area (Å²) in [7, 11) is 0. The highest BCUT2D eigenvalue weighted by atomic mass is 16.5. The molecule has 190 valence electrons. The van der Waals surface area contributed by atoms with Gasteiger partial charge in [0.25, 0.3) is 0 Å². The number of esters is 1. The average Bonchev–Trinajstić information content (AvgIpc) is 3.26. The van der Waals surface area contributed by atoms with Crippen LogP contribution in [0.15, 0.2) is 48.5 Å². The van der Waals surface area contributed by atoms with E-state index in [9.17, 15) is 9.59 Å². The Kier molecular flexibility index (Phi) is 6.51. The van der Waals surface area contributed by atoms with Crippen LogP contribution in [-0.4, -0.2) is 46.0 Å². The maximum absolute atomic E-state index is 13.5. The van der Waals surface area contributed by atoms with E-state index in [1.54, 1.807) is 0 Å². The number of carbonyl (C=O) groups is 2. The van der Waals surface area contributed by atoms with Gasteiger partial charge in [0.2, 0.25) is 5.91 Å². The van der Waals surface area contributed by atoms with Crippen molar-refractivity contribution in [3.63, 3.8) is 0 Å². The minimum Gasteiger partial charge on any atom is -0.462 e. The molecule has 0 saturated heterocycles. The van der Waals surface area contributed by atoms with Crippen molar-refractivity contribution in [1.82, 2.24) is 14.5 Å². The number of hydrogen-bond acceptors (Lipinski definition) is 5. The zero-order valence-corrected chi connectivity index (χ0v) is 21.5. The first-order valence-electron chi connectivity index (χ1n) is 13.6. The molecule has 4 aromatic rings. The molecule has 6 nitrogen and oxygen atoms in total. The van der Waals surface area contributed by atoms with Crippen LogP contribution in [0.25, 0.3) is 21.8 Å². The smallest absolute Gasteiger partial charge is 0.339 e. The van der Waals surface area contributed by atoms with Crippen LogP contribution >= 0.6 is 0 Å². The number of para-hydroxylation sites is 2. The highest BCUT2D eigenvalue weighted by molar-refractivity contribution is 6.05. The van der Waals surface area contributed by atoms with Crippen molar-refractivity contribution >= 4 is 33.7 Å². The molecule has 3 heterocycles. The SMILES string of the molecule is CCCN1CCc2nc3ccccc3c(C(=O)OCCC(=O)n3c4c(c5ccccc53)CCCC4)c2C1. The highest BCUT2D eigenvalue weighted by Crippen LogP contribution is 2.33. The Morgan fingerprint density at radius 3 is 2.59 bits per heavy atom. The number of aryl methyl sites for hydroxylation is 1. The van der Waals surface area contributed by atoms with Crippen molar-refractivity contribution in [2.45, 2.75) is 58.4 Å². The third-order valence-corrected chi connectivity index (χ3v) is 7.85. The molecule has 0 spiro atoms. The molecule has 1 aliphatic heterocycles. The molecule has 37 heavy (non-hydrogen) atoms. The summed E-state index contributed by atoms with van der Waals surface area (Å²) in [6.45, 7) is 4.87. The van der Waals surface area contributed by atoms with E-state index in [0.717, 1.165) is 85.0 Å². The lowest BCUT2D eigenvalue weighted by molar-refractivity contribution is 0.0488. The second-order valence-electron chi connectivity index (χ2n) is 10.2. The van der Waals surface area contributed by atoms with Crippen LogP contribution in [0.5, 0.6) is 0 Å². The largest absolute Gasteiger partial charge is 0.462 e. The predicted molar refractivity (Wildman–Crippen MR) is 145 cm³/mol. The van der Waals surface area contributed by atoms with Gasteiger partial charge >= 0.3 is 5.97 Å². The minimum absolute atomic E-state index is 0.0112. The van der Waals surface area contributed by atoms with Gasteiger partial charge in [0.05, 0.1) is 23.0 Å². The van der Waals surface area contributed by atoms with E-state index < -0.39 is 0 Å². The third-order valence-electron chi connectivity index (χ3n) is 7.85. The number of rotatable bonds is 6. The minimum atomic E-state index is -0.361. The molecule has 1 aliphatic carbocycles. The van der Waals surface area contributed by atoms with Crippen LogP contribution in [0.1, 0.15) is 70.3 Å². The summed E-state index contributed by atoms with van der Waals surface area (Å²) in [6, 6.07) is 15.9. The molecule has 6 heteroatoms. The molecule has 0 saturated carbocycles. The Labute approximate surface area is 217 Å².